The summed E-state index contributed by atoms with van der Waals surface area (Å²) in [6.45, 7) is 5.95. The number of esters is 1. The Kier molecular flexibility index (Phi) is 2.55. The zero-order chi connectivity index (χ0) is 10.9. The quantitative estimate of drug-likeness (QED) is 0.527. The predicted molar refractivity (Wildman–Crippen MR) is 56.1 cm³/mol. The van der Waals surface area contributed by atoms with Crippen molar-refractivity contribution in [1.29, 1.82) is 0 Å². The van der Waals surface area contributed by atoms with E-state index in [-0.39, 0.29) is 12.1 Å². The van der Waals surface area contributed by atoms with E-state index in [2.05, 4.69) is 6.58 Å². The van der Waals surface area contributed by atoms with Crippen molar-refractivity contribution in [3.05, 3.63) is 24.5 Å². The molecular weight excluding hydrogens is 192 g/mol. The molecule has 1 heterocycles. The summed E-state index contributed by atoms with van der Waals surface area (Å²) in [6, 6.07) is 0. The van der Waals surface area contributed by atoms with Gasteiger partial charge in [-0.2, -0.15) is 0 Å². The van der Waals surface area contributed by atoms with Crippen LogP contribution in [0.4, 0.5) is 0 Å². The topological polar surface area (TPSA) is 35.5 Å². The molecule has 82 valence electrons. The number of carbonyl (C=O) groups is 1. The van der Waals surface area contributed by atoms with Gasteiger partial charge in [0.1, 0.15) is 17.3 Å². The van der Waals surface area contributed by atoms with Gasteiger partial charge in [-0.1, -0.05) is 12.7 Å². The van der Waals surface area contributed by atoms with E-state index in [0.29, 0.717) is 13.0 Å². The van der Waals surface area contributed by atoms with Gasteiger partial charge in [-0.05, 0) is 25.8 Å². The van der Waals surface area contributed by atoms with E-state index in [4.69, 9.17) is 9.47 Å². The average Bonchev–Trinajstić information content (AvgIpc) is 2.73. The predicted octanol–water partition coefficient (Wildman–Crippen LogP) is 2.19. The number of ether oxygens (including phenoxy) is 2. The molecule has 15 heavy (non-hydrogen) atoms. The monoisotopic (exact) mass is 208 g/mol. The van der Waals surface area contributed by atoms with Gasteiger partial charge in [0, 0.05) is 6.42 Å². The van der Waals surface area contributed by atoms with Crippen LogP contribution in [0.15, 0.2) is 24.5 Å². The summed E-state index contributed by atoms with van der Waals surface area (Å²) in [5.41, 5.74) is -0.505. The number of rotatable bonds is 3. The molecule has 0 amide bonds. The summed E-state index contributed by atoms with van der Waals surface area (Å²) in [6.07, 6.45) is 6.10. The molecule has 2 rings (SSSR count). The highest BCUT2D eigenvalue weighted by Crippen LogP contribution is 2.50. The lowest BCUT2D eigenvalue weighted by Crippen LogP contribution is -2.30. The Labute approximate surface area is 89.8 Å². The number of fused-ring (bicyclic) bond motifs is 1. The van der Waals surface area contributed by atoms with E-state index < -0.39 is 5.41 Å². The van der Waals surface area contributed by atoms with Crippen molar-refractivity contribution >= 4 is 5.97 Å². The zero-order valence-electron chi connectivity index (χ0n) is 8.99. The standard InChI is InChI=1S/C12H16O3/c1-3-9-8-12(11(13)14-4-2)7-5-6-10(12)15-9/h3,6,9H,1,4-5,7-8H2,2H3/t9-,12-/m1/s1. The normalized spacial score (nSPS) is 32.9. The minimum atomic E-state index is -0.505. The number of allylic oxidation sites excluding steroid dienone is 1. The molecule has 0 radical (unpaired) electrons. The van der Waals surface area contributed by atoms with Crippen LogP contribution in [0.5, 0.6) is 0 Å². The first-order chi connectivity index (χ1) is 7.23. The van der Waals surface area contributed by atoms with Gasteiger partial charge in [0.05, 0.1) is 6.61 Å². The highest BCUT2D eigenvalue weighted by molar-refractivity contribution is 5.81. The van der Waals surface area contributed by atoms with Crippen LogP contribution in [0.25, 0.3) is 0 Å². The maximum Gasteiger partial charge on any atom is 0.319 e. The molecule has 3 heteroatoms. The number of hydrogen-bond donors (Lipinski definition) is 0. The summed E-state index contributed by atoms with van der Waals surface area (Å²) < 4.78 is 10.8. The van der Waals surface area contributed by atoms with Crippen molar-refractivity contribution in [2.24, 2.45) is 5.41 Å². The van der Waals surface area contributed by atoms with Crippen molar-refractivity contribution in [1.82, 2.24) is 0 Å². The Balaban J connectivity index is 2.22. The third-order valence-corrected chi connectivity index (χ3v) is 3.13. The first-order valence-electron chi connectivity index (χ1n) is 5.40. The summed E-state index contributed by atoms with van der Waals surface area (Å²) in [4.78, 5) is 11.9. The average molecular weight is 208 g/mol. The number of carbonyl (C=O) groups excluding carboxylic acids is 1. The maximum absolute atomic E-state index is 11.9. The third kappa shape index (κ3) is 1.46. The van der Waals surface area contributed by atoms with E-state index in [1.54, 1.807) is 6.08 Å². The van der Waals surface area contributed by atoms with Crippen LogP contribution in [0.2, 0.25) is 0 Å². The van der Waals surface area contributed by atoms with Crippen molar-refractivity contribution in [3.8, 4) is 0 Å². The second-order valence-corrected chi connectivity index (χ2v) is 4.01. The summed E-state index contributed by atoms with van der Waals surface area (Å²) in [5, 5.41) is 0. The molecule has 1 aliphatic heterocycles. The lowest BCUT2D eigenvalue weighted by atomic mass is 9.83. The fraction of sp³-hybridized carbons (Fsp3) is 0.583. The second-order valence-electron chi connectivity index (χ2n) is 4.01. The van der Waals surface area contributed by atoms with Crippen molar-refractivity contribution < 1.29 is 14.3 Å². The molecule has 2 aliphatic rings. The van der Waals surface area contributed by atoms with Crippen LogP contribution < -0.4 is 0 Å². The smallest absolute Gasteiger partial charge is 0.319 e. The molecule has 1 aliphatic carbocycles. The molecule has 0 bridgehead atoms. The Morgan fingerprint density at radius 2 is 2.67 bits per heavy atom. The van der Waals surface area contributed by atoms with Crippen LogP contribution in [0.3, 0.4) is 0 Å². The van der Waals surface area contributed by atoms with Crippen LogP contribution >= 0.6 is 0 Å². The van der Waals surface area contributed by atoms with E-state index in [0.717, 1.165) is 18.6 Å². The molecule has 0 unspecified atom stereocenters. The van der Waals surface area contributed by atoms with E-state index in [9.17, 15) is 4.79 Å². The molecule has 2 atom stereocenters. The Morgan fingerprint density at radius 1 is 1.87 bits per heavy atom. The summed E-state index contributed by atoms with van der Waals surface area (Å²) in [5.74, 6) is 0.656. The number of hydrogen-bond acceptors (Lipinski definition) is 3. The fourth-order valence-electron chi connectivity index (χ4n) is 2.37. The minimum absolute atomic E-state index is 0.0408. The van der Waals surface area contributed by atoms with Crippen LogP contribution in [0.1, 0.15) is 26.2 Å². The Bertz CT molecular complexity index is 319. The van der Waals surface area contributed by atoms with Crippen molar-refractivity contribution in [3.63, 3.8) is 0 Å². The molecular formula is C12H16O3. The van der Waals surface area contributed by atoms with Crippen LogP contribution in [-0.2, 0) is 14.3 Å². The molecule has 0 aromatic heterocycles. The highest BCUT2D eigenvalue weighted by atomic mass is 16.5. The highest BCUT2D eigenvalue weighted by Gasteiger charge is 2.53. The SMILES string of the molecule is C=C[C@@H]1C[C@]2(C(=O)OCC)CCC=C2O1. The second kappa shape index (κ2) is 3.72. The lowest BCUT2D eigenvalue weighted by molar-refractivity contribution is -0.153. The van der Waals surface area contributed by atoms with E-state index >= 15 is 0 Å². The Morgan fingerprint density at radius 3 is 3.33 bits per heavy atom. The first kappa shape index (κ1) is 10.3. The first-order valence-corrected chi connectivity index (χ1v) is 5.40. The molecule has 0 N–H and O–H groups in total. The minimum Gasteiger partial charge on any atom is -0.490 e. The van der Waals surface area contributed by atoms with E-state index in [1.165, 1.54) is 0 Å². The van der Waals surface area contributed by atoms with Gasteiger partial charge in [0.2, 0.25) is 0 Å². The van der Waals surface area contributed by atoms with Crippen molar-refractivity contribution in [2.75, 3.05) is 6.61 Å². The third-order valence-electron chi connectivity index (χ3n) is 3.13. The zero-order valence-corrected chi connectivity index (χ0v) is 8.99. The van der Waals surface area contributed by atoms with Gasteiger partial charge in [0.15, 0.2) is 0 Å². The van der Waals surface area contributed by atoms with Gasteiger partial charge in [0.25, 0.3) is 0 Å². The molecule has 0 spiro atoms. The van der Waals surface area contributed by atoms with E-state index in [1.807, 2.05) is 13.0 Å². The van der Waals surface area contributed by atoms with Gasteiger partial charge in [-0.25, -0.2) is 0 Å². The summed E-state index contributed by atoms with van der Waals surface area (Å²) >= 11 is 0. The van der Waals surface area contributed by atoms with Gasteiger partial charge < -0.3 is 9.47 Å². The molecule has 3 nitrogen and oxygen atoms in total. The van der Waals surface area contributed by atoms with Gasteiger partial charge in [-0.15, -0.1) is 0 Å². The lowest BCUT2D eigenvalue weighted by Gasteiger charge is -2.21. The van der Waals surface area contributed by atoms with Crippen LogP contribution in [0, 0.1) is 5.41 Å². The van der Waals surface area contributed by atoms with Crippen LogP contribution in [-0.4, -0.2) is 18.7 Å². The Hall–Kier alpha value is -1.25. The molecule has 1 fully saturated rings. The fourth-order valence-corrected chi connectivity index (χ4v) is 2.37. The molecule has 0 saturated carbocycles. The van der Waals surface area contributed by atoms with Gasteiger partial charge in [-0.3, -0.25) is 4.79 Å². The molecule has 1 saturated heterocycles. The molecule has 0 aromatic rings. The largest absolute Gasteiger partial charge is 0.490 e. The maximum atomic E-state index is 11.9. The van der Waals surface area contributed by atoms with Crippen molar-refractivity contribution in [2.45, 2.75) is 32.3 Å². The van der Waals surface area contributed by atoms with Gasteiger partial charge >= 0.3 is 5.97 Å². The summed E-state index contributed by atoms with van der Waals surface area (Å²) in [7, 11) is 0. The molecule has 0 aromatic carbocycles.